The molecule has 0 fully saturated rings. The van der Waals surface area contributed by atoms with Gasteiger partial charge in [0, 0.05) is 32.3 Å². The lowest BCUT2D eigenvalue weighted by Gasteiger charge is -2.27. The number of fused-ring (bicyclic) bond motifs is 13. The van der Waals surface area contributed by atoms with Gasteiger partial charge < -0.3 is 18.2 Å². The first-order valence-corrected chi connectivity index (χ1v) is 16.2. The minimum Gasteiger partial charge on any atom is -0.456 e. The average Bonchev–Trinajstić information content (AvgIpc) is 3.84. The second-order valence-corrected chi connectivity index (χ2v) is 12.4. The molecule has 0 spiro atoms. The first kappa shape index (κ1) is 25.6. The third-order valence-corrected chi connectivity index (χ3v) is 9.84. The van der Waals surface area contributed by atoms with Gasteiger partial charge in [-0.05, 0) is 59.3 Å². The van der Waals surface area contributed by atoms with Gasteiger partial charge in [-0.2, -0.15) is 0 Å². The van der Waals surface area contributed by atoms with E-state index in [0.29, 0.717) is 0 Å². The topological polar surface area (TPSA) is 42.7 Å². The molecule has 0 saturated heterocycles. The maximum Gasteiger partial charge on any atom is 0.159 e. The Hall–Kier alpha value is -6.52. The molecule has 0 N–H and O–H groups in total. The molecule has 0 radical (unpaired) electrons. The fraction of sp³-hybridized carbons (Fsp3) is 0. The molecule has 0 aliphatic rings. The molecule has 0 aliphatic heterocycles. The van der Waals surface area contributed by atoms with Crippen LogP contribution in [0.25, 0.3) is 87.4 Å². The van der Waals surface area contributed by atoms with Crippen LogP contribution in [-0.2, 0) is 0 Å². The van der Waals surface area contributed by atoms with Gasteiger partial charge in [0.15, 0.2) is 5.58 Å². The highest BCUT2D eigenvalue weighted by Crippen LogP contribution is 2.50. The average molecular weight is 616 g/mol. The molecule has 3 heterocycles. The Balaban J connectivity index is 1.30. The number of anilines is 3. The summed E-state index contributed by atoms with van der Waals surface area (Å²) < 4.78 is 20.1. The summed E-state index contributed by atoms with van der Waals surface area (Å²) in [5, 5.41) is 10.9. The molecule has 4 heteroatoms. The van der Waals surface area contributed by atoms with Gasteiger partial charge in [-0.25, -0.2) is 0 Å². The standard InChI is InChI=1S/C44H25NO3/c1-3-12-28-26(10-1)22-24-31-30-15-7-18-36(44(30)48-42(28)31)45(34-16-8-20-38-40(34)32-14-5-6-19-37(32)46-38)35-17-9-21-39-41(35)33-25-23-27-11-2-4-13-29(27)43(33)47-39/h1-25H. The van der Waals surface area contributed by atoms with Gasteiger partial charge in [-0.1, -0.05) is 103 Å². The summed E-state index contributed by atoms with van der Waals surface area (Å²) in [5.74, 6) is 0. The summed E-state index contributed by atoms with van der Waals surface area (Å²) in [6.07, 6.45) is 0. The predicted molar refractivity (Wildman–Crippen MR) is 198 cm³/mol. The second-order valence-electron chi connectivity index (χ2n) is 12.4. The number of rotatable bonds is 3. The van der Waals surface area contributed by atoms with Crippen LogP contribution in [0.2, 0.25) is 0 Å². The molecule has 48 heavy (non-hydrogen) atoms. The van der Waals surface area contributed by atoms with E-state index < -0.39 is 0 Å². The van der Waals surface area contributed by atoms with Gasteiger partial charge in [0.25, 0.3) is 0 Å². The lowest BCUT2D eigenvalue weighted by Crippen LogP contribution is -2.11. The summed E-state index contributed by atoms with van der Waals surface area (Å²) in [7, 11) is 0. The maximum absolute atomic E-state index is 6.95. The van der Waals surface area contributed by atoms with Crippen molar-refractivity contribution in [1.29, 1.82) is 0 Å². The van der Waals surface area contributed by atoms with Crippen LogP contribution in [0.3, 0.4) is 0 Å². The smallest absolute Gasteiger partial charge is 0.159 e. The predicted octanol–water partition coefficient (Wildman–Crippen LogP) is 13.2. The third-order valence-electron chi connectivity index (χ3n) is 9.84. The van der Waals surface area contributed by atoms with Crippen molar-refractivity contribution in [2.45, 2.75) is 0 Å². The van der Waals surface area contributed by atoms with Crippen LogP contribution < -0.4 is 4.90 Å². The Morgan fingerprint density at radius 2 is 0.792 bits per heavy atom. The van der Waals surface area contributed by atoms with Gasteiger partial charge in [0.2, 0.25) is 0 Å². The minimum absolute atomic E-state index is 0.823. The summed E-state index contributed by atoms with van der Waals surface area (Å²) in [4.78, 5) is 2.34. The van der Waals surface area contributed by atoms with Crippen LogP contribution in [-0.4, -0.2) is 0 Å². The monoisotopic (exact) mass is 615 g/mol. The second kappa shape index (κ2) is 9.50. The summed E-state index contributed by atoms with van der Waals surface area (Å²) in [6, 6.07) is 52.9. The molecule has 0 atom stereocenters. The largest absolute Gasteiger partial charge is 0.456 e. The van der Waals surface area contributed by atoms with E-state index in [0.717, 1.165) is 104 Å². The highest BCUT2D eigenvalue weighted by atomic mass is 16.3. The molecule has 0 aliphatic carbocycles. The van der Waals surface area contributed by atoms with Gasteiger partial charge in [-0.15, -0.1) is 0 Å². The van der Waals surface area contributed by atoms with Crippen molar-refractivity contribution in [1.82, 2.24) is 0 Å². The van der Waals surface area contributed by atoms with E-state index in [1.54, 1.807) is 0 Å². The normalized spacial score (nSPS) is 12.2. The zero-order valence-corrected chi connectivity index (χ0v) is 25.6. The van der Waals surface area contributed by atoms with Gasteiger partial charge in [-0.3, -0.25) is 0 Å². The van der Waals surface area contributed by atoms with E-state index in [4.69, 9.17) is 13.3 Å². The number of nitrogens with zero attached hydrogens (tertiary/aromatic N) is 1. The molecule has 0 amide bonds. The zero-order valence-electron chi connectivity index (χ0n) is 25.6. The maximum atomic E-state index is 6.95. The third kappa shape index (κ3) is 3.43. The Bertz CT molecular complexity index is 3090. The number of hydrogen-bond donors (Lipinski definition) is 0. The van der Waals surface area contributed by atoms with Crippen LogP contribution >= 0.6 is 0 Å². The summed E-state index contributed by atoms with van der Waals surface area (Å²) >= 11 is 0. The Morgan fingerprint density at radius 1 is 0.292 bits per heavy atom. The van der Waals surface area contributed by atoms with Gasteiger partial charge in [0.1, 0.15) is 27.9 Å². The lowest BCUT2D eigenvalue weighted by atomic mass is 10.0. The fourth-order valence-corrected chi connectivity index (χ4v) is 7.74. The van der Waals surface area contributed by atoms with Crippen molar-refractivity contribution < 1.29 is 13.3 Å². The molecule has 3 aromatic heterocycles. The number of hydrogen-bond acceptors (Lipinski definition) is 4. The fourth-order valence-electron chi connectivity index (χ4n) is 7.74. The van der Waals surface area contributed by atoms with Crippen molar-refractivity contribution in [2.75, 3.05) is 4.90 Å². The van der Waals surface area contributed by atoms with Crippen LogP contribution in [0.1, 0.15) is 0 Å². The van der Waals surface area contributed by atoms with Crippen molar-refractivity contribution in [2.24, 2.45) is 0 Å². The van der Waals surface area contributed by atoms with Crippen molar-refractivity contribution in [3.63, 3.8) is 0 Å². The van der Waals surface area contributed by atoms with E-state index in [1.807, 2.05) is 18.2 Å². The molecule has 0 saturated carbocycles. The van der Waals surface area contributed by atoms with Gasteiger partial charge in [0.05, 0.1) is 27.8 Å². The molecule has 8 aromatic carbocycles. The quantitative estimate of drug-likeness (QED) is 0.198. The number of para-hydroxylation sites is 2. The molecule has 224 valence electrons. The van der Waals surface area contributed by atoms with Crippen LogP contribution in [0.5, 0.6) is 0 Å². The molecule has 11 rings (SSSR count). The van der Waals surface area contributed by atoms with Crippen LogP contribution in [0.4, 0.5) is 17.1 Å². The van der Waals surface area contributed by atoms with Crippen LogP contribution in [0.15, 0.2) is 165 Å². The highest BCUT2D eigenvalue weighted by molar-refractivity contribution is 6.23. The van der Waals surface area contributed by atoms with Gasteiger partial charge >= 0.3 is 0 Å². The molecule has 0 unspecified atom stereocenters. The van der Waals surface area contributed by atoms with Crippen molar-refractivity contribution >= 4 is 104 Å². The molecule has 11 aromatic rings. The SMILES string of the molecule is c1ccc2c(c1)ccc1c3cccc(N(c4cccc5oc6ccccc6c45)c4cccc5oc6c7ccccc7ccc6c45)c3oc21. The summed E-state index contributed by atoms with van der Waals surface area (Å²) in [6.45, 7) is 0. The first-order valence-electron chi connectivity index (χ1n) is 16.2. The van der Waals surface area contributed by atoms with E-state index in [1.165, 1.54) is 0 Å². The summed E-state index contributed by atoms with van der Waals surface area (Å²) in [5.41, 5.74) is 8.04. The Kier molecular flexibility index (Phi) is 5.08. The molecular formula is C44H25NO3. The Labute approximate surface area is 273 Å². The van der Waals surface area contributed by atoms with E-state index >= 15 is 0 Å². The minimum atomic E-state index is 0.823. The first-order chi connectivity index (χ1) is 23.8. The van der Waals surface area contributed by atoms with Crippen molar-refractivity contribution in [3.8, 4) is 0 Å². The van der Waals surface area contributed by atoms with Crippen molar-refractivity contribution in [3.05, 3.63) is 152 Å². The lowest BCUT2D eigenvalue weighted by molar-refractivity contribution is 0.668. The van der Waals surface area contributed by atoms with E-state index in [9.17, 15) is 0 Å². The highest BCUT2D eigenvalue weighted by Gasteiger charge is 2.26. The molecular weight excluding hydrogens is 590 g/mol. The molecule has 4 nitrogen and oxygen atoms in total. The Morgan fingerprint density at radius 3 is 1.54 bits per heavy atom. The van der Waals surface area contributed by atoms with E-state index in [-0.39, 0.29) is 0 Å². The van der Waals surface area contributed by atoms with Crippen LogP contribution in [0, 0.1) is 0 Å². The number of benzene rings is 8. The zero-order chi connectivity index (χ0) is 31.3. The van der Waals surface area contributed by atoms with E-state index in [2.05, 4.69) is 138 Å². The molecule has 0 bridgehead atoms. The number of furan rings is 3.